The van der Waals surface area contributed by atoms with Crippen molar-refractivity contribution in [1.82, 2.24) is 19.7 Å². The number of carbonyl (C=O) groups excluding carboxylic acids is 1. The average Bonchev–Trinajstić information content (AvgIpc) is 3.48. The van der Waals surface area contributed by atoms with Crippen molar-refractivity contribution in [3.8, 4) is 11.4 Å². The first-order valence-electron chi connectivity index (χ1n) is 9.60. The van der Waals surface area contributed by atoms with E-state index in [1.807, 2.05) is 48.1 Å². The first-order chi connectivity index (χ1) is 13.7. The van der Waals surface area contributed by atoms with Crippen LogP contribution in [0.15, 0.2) is 42.7 Å². The number of hydrogen-bond donors (Lipinski definition) is 0. The number of aryl methyl sites for hydroxylation is 1. The maximum absolute atomic E-state index is 12.5. The lowest BCUT2D eigenvalue weighted by Crippen LogP contribution is -2.40. The van der Waals surface area contributed by atoms with Crippen LogP contribution in [0.25, 0.3) is 5.69 Å². The topological polar surface area (TPSA) is 73.1 Å². The van der Waals surface area contributed by atoms with Crippen LogP contribution in [-0.2, 0) is 11.2 Å². The lowest BCUT2D eigenvalue weighted by atomic mass is 10.2. The molecule has 7 heteroatoms. The summed E-state index contributed by atoms with van der Waals surface area (Å²) in [6.07, 6.45) is 6.51. The van der Waals surface area contributed by atoms with E-state index in [0.29, 0.717) is 18.9 Å². The fourth-order valence-electron chi connectivity index (χ4n) is 3.55. The van der Waals surface area contributed by atoms with Gasteiger partial charge in [-0.1, -0.05) is 12.1 Å². The van der Waals surface area contributed by atoms with Crippen LogP contribution in [-0.4, -0.2) is 38.8 Å². The molecule has 0 atom stereocenters. The number of rotatable bonds is 5. The number of fused-ring (bicyclic) bond motifs is 1. The number of hydrogen-bond acceptors (Lipinski definition) is 5. The Bertz CT molecular complexity index is 1040. The minimum absolute atomic E-state index is 0.0349. The van der Waals surface area contributed by atoms with Gasteiger partial charge in [0.05, 0.1) is 11.4 Å². The van der Waals surface area contributed by atoms with E-state index >= 15 is 0 Å². The van der Waals surface area contributed by atoms with Crippen LogP contribution in [0.4, 0.5) is 5.69 Å². The minimum atomic E-state index is -0.0349. The summed E-state index contributed by atoms with van der Waals surface area (Å²) in [6.45, 7) is 2.62. The van der Waals surface area contributed by atoms with Gasteiger partial charge in [-0.15, -0.1) is 0 Å². The van der Waals surface area contributed by atoms with Gasteiger partial charge in [-0.25, -0.2) is 9.67 Å². The Labute approximate surface area is 163 Å². The molecule has 0 N–H and O–H groups in total. The first-order valence-corrected chi connectivity index (χ1v) is 9.60. The number of para-hydroxylation sites is 2. The summed E-state index contributed by atoms with van der Waals surface area (Å²) in [4.78, 5) is 23.2. The Morgan fingerprint density at radius 1 is 1.18 bits per heavy atom. The Hall–Kier alpha value is -3.22. The Morgan fingerprint density at radius 2 is 2.04 bits per heavy atom. The highest BCUT2D eigenvalue weighted by atomic mass is 16.5. The van der Waals surface area contributed by atoms with E-state index in [9.17, 15) is 4.79 Å². The largest absolute Gasteiger partial charge is 0.482 e. The normalized spacial score (nSPS) is 16.0. The van der Waals surface area contributed by atoms with Crippen LogP contribution >= 0.6 is 0 Å². The highest BCUT2D eigenvalue weighted by molar-refractivity contribution is 5.97. The van der Waals surface area contributed by atoms with Crippen molar-refractivity contribution >= 4 is 11.6 Å². The molecule has 1 saturated carbocycles. The predicted octanol–water partition coefficient (Wildman–Crippen LogP) is 2.82. The van der Waals surface area contributed by atoms with Gasteiger partial charge in [-0.2, -0.15) is 5.10 Å². The quantitative estimate of drug-likeness (QED) is 0.686. The Kier molecular flexibility index (Phi) is 4.07. The molecule has 142 valence electrons. The van der Waals surface area contributed by atoms with E-state index in [2.05, 4.69) is 4.98 Å². The average molecular weight is 375 g/mol. The zero-order chi connectivity index (χ0) is 19.1. The van der Waals surface area contributed by atoms with Crippen molar-refractivity contribution < 1.29 is 9.53 Å². The third kappa shape index (κ3) is 3.02. The van der Waals surface area contributed by atoms with Crippen LogP contribution in [0.2, 0.25) is 0 Å². The van der Waals surface area contributed by atoms with Gasteiger partial charge in [0.2, 0.25) is 0 Å². The van der Waals surface area contributed by atoms with E-state index in [1.165, 1.54) is 0 Å². The fourth-order valence-corrected chi connectivity index (χ4v) is 3.55. The smallest absolute Gasteiger partial charge is 0.265 e. The van der Waals surface area contributed by atoms with E-state index in [4.69, 9.17) is 14.8 Å². The summed E-state index contributed by atoms with van der Waals surface area (Å²) in [7, 11) is 0. The number of anilines is 1. The van der Waals surface area contributed by atoms with Crippen molar-refractivity contribution in [3.05, 3.63) is 59.9 Å². The van der Waals surface area contributed by atoms with Crippen LogP contribution < -0.4 is 9.64 Å². The molecule has 7 nitrogen and oxygen atoms in total. The van der Waals surface area contributed by atoms with Crippen LogP contribution in [0.1, 0.15) is 36.0 Å². The minimum Gasteiger partial charge on any atom is -0.482 e. The molecule has 0 unspecified atom stereocenters. The maximum Gasteiger partial charge on any atom is 0.265 e. The second-order valence-electron chi connectivity index (χ2n) is 7.29. The van der Waals surface area contributed by atoms with Gasteiger partial charge in [0.1, 0.15) is 11.6 Å². The number of ether oxygens (including phenoxy) is 1. The third-order valence-corrected chi connectivity index (χ3v) is 5.22. The van der Waals surface area contributed by atoms with Crippen LogP contribution in [0.3, 0.4) is 0 Å². The number of aromatic nitrogens is 4. The second-order valence-corrected chi connectivity index (χ2v) is 7.29. The molecule has 2 aromatic heterocycles. The summed E-state index contributed by atoms with van der Waals surface area (Å²) in [5.41, 5.74) is 2.84. The molecule has 0 spiro atoms. The van der Waals surface area contributed by atoms with E-state index < -0.39 is 0 Å². The summed E-state index contributed by atoms with van der Waals surface area (Å²) in [5, 5.41) is 4.78. The van der Waals surface area contributed by atoms with Crippen molar-refractivity contribution in [3.63, 3.8) is 0 Å². The lowest BCUT2D eigenvalue weighted by Gasteiger charge is -2.29. The van der Waals surface area contributed by atoms with Gasteiger partial charge in [0.15, 0.2) is 12.4 Å². The highest BCUT2D eigenvalue weighted by Crippen LogP contribution is 2.38. The molecule has 3 aromatic rings. The number of pyridine rings is 1. The number of carbonyl (C=O) groups is 1. The number of amides is 1. The molecule has 0 saturated heterocycles. The summed E-state index contributed by atoms with van der Waals surface area (Å²) >= 11 is 0. The monoisotopic (exact) mass is 375 g/mol. The molecular weight excluding hydrogens is 354 g/mol. The zero-order valence-corrected chi connectivity index (χ0v) is 15.7. The van der Waals surface area contributed by atoms with Crippen molar-refractivity contribution in [2.75, 3.05) is 18.1 Å². The SMILES string of the molecule is Cc1cnccc1-n1nc(C2CC2)nc1CCN1C(=O)COc2ccccc21. The molecule has 28 heavy (non-hydrogen) atoms. The molecule has 1 fully saturated rings. The predicted molar refractivity (Wildman–Crippen MR) is 104 cm³/mol. The van der Waals surface area contributed by atoms with Gasteiger partial charge >= 0.3 is 0 Å². The molecule has 0 radical (unpaired) electrons. The van der Waals surface area contributed by atoms with E-state index in [-0.39, 0.29) is 12.5 Å². The first kappa shape index (κ1) is 16.9. The van der Waals surface area contributed by atoms with Gasteiger partial charge in [0, 0.05) is 31.3 Å². The molecule has 1 aliphatic heterocycles. The Balaban J connectivity index is 1.46. The van der Waals surface area contributed by atoms with Crippen molar-refractivity contribution in [2.45, 2.75) is 32.1 Å². The van der Waals surface area contributed by atoms with E-state index in [0.717, 1.165) is 47.2 Å². The molecule has 3 heterocycles. The maximum atomic E-state index is 12.5. The van der Waals surface area contributed by atoms with Gasteiger partial charge in [-0.05, 0) is 43.5 Å². The summed E-state index contributed by atoms with van der Waals surface area (Å²) in [5.74, 6) is 2.94. The molecular formula is C21H21N5O2. The third-order valence-electron chi connectivity index (χ3n) is 5.22. The second kappa shape index (κ2) is 6.74. The van der Waals surface area contributed by atoms with Crippen molar-refractivity contribution in [1.29, 1.82) is 0 Å². The Morgan fingerprint density at radius 3 is 2.86 bits per heavy atom. The summed E-state index contributed by atoms with van der Waals surface area (Å²) < 4.78 is 7.46. The summed E-state index contributed by atoms with van der Waals surface area (Å²) in [6, 6.07) is 9.60. The fraction of sp³-hybridized carbons (Fsp3) is 0.333. The number of benzene rings is 1. The molecule has 0 bridgehead atoms. The van der Waals surface area contributed by atoms with Crippen LogP contribution in [0, 0.1) is 6.92 Å². The molecule has 1 aromatic carbocycles. The standard InChI is InChI=1S/C21H21N5O2/c1-14-12-22-10-8-16(14)26-19(23-21(24-26)15-6-7-15)9-11-25-17-4-2-3-5-18(17)28-13-20(25)27/h2-5,8,10,12,15H,6-7,9,11,13H2,1H3. The molecule has 2 aliphatic rings. The van der Waals surface area contributed by atoms with Gasteiger partial charge in [0.25, 0.3) is 5.91 Å². The zero-order valence-electron chi connectivity index (χ0n) is 15.7. The molecule has 1 aliphatic carbocycles. The molecule has 1 amide bonds. The van der Waals surface area contributed by atoms with Crippen molar-refractivity contribution in [2.24, 2.45) is 0 Å². The van der Waals surface area contributed by atoms with Gasteiger partial charge < -0.3 is 9.64 Å². The molecule has 5 rings (SSSR count). The lowest BCUT2D eigenvalue weighted by molar-refractivity contribution is -0.121. The van der Waals surface area contributed by atoms with Gasteiger partial charge in [-0.3, -0.25) is 9.78 Å². The number of nitrogens with zero attached hydrogens (tertiary/aromatic N) is 5. The highest BCUT2D eigenvalue weighted by Gasteiger charge is 2.30. The van der Waals surface area contributed by atoms with Crippen LogP contribution in [0.5, 0.6) is 5.75 Å². The van der Waals surface area contributed by atoms with E-state index in [1.54, 1.807) is 11.1 Å².